The number of para-hydroxylation sites is 3. The third kappa shape index (κ3) is 4.67. The van der Waals surface area contributed by atoms with E-state index in [1.165, 1.54) is 110 Å². The summed E-state index contributed by atoms with van der Waals surface area (Å²) in [6, 6.07) is 85.7. The molecule has 292 valence electrons. The molecule has 2 aromatic heterocycles. The standard InChI is InChI=1S/C61H38N2/c1-7-22-53-45(16-1)46-17-2-8-23-54(46)61(53)55-24-9-3-18-47(55)48-34-30-42(37-56(48)61)41-15-13-14-40(36-41)39-28-31-43(32-29-39)62-57-25-10-6-21-51(57)52-35-33-44(38-60(52)62)63-58-26-11-4-19-49(58)50-20-5-12-27-59(50)63/h1-38H. The summed E-state index contributed by atoms with van der Waals surface area (Å²) in [4.78, 5) is 0. The lowest BCUT2D eigenvalue weighted by Gasteiger charge is -2.30. The molecule has 0 saturated heterocycles. The van der Waals surface area contributed by atoms with Crippen LogP contribution in [0.25, 0.3) is 99.5 Å². The van der Waals surface area contributed by atoms with E-state index in [0.717, 1.165) is 11.4 Å². The second-order valence-electron chi connectivity index (χ2n) is 17.2. The molecule has 0 fully saturated rings. The van der Waals surface area contributed by atoms with Crippen LogP contribution in [0.2, 0.25) is 0 Å². The molecule has 0 atom stereocenters. The van der Waals surface area contributed by atoms with E-state index in [9.17, 15) is 0 Å². The van der Waals surface area contributed by atoms with Crippen LogP contribution in [-0.2, 0) is 5.41 Å². The number of rotatable bonds is 4. The lowest BCUT2D eigenvalue weighted by molar-refractivity contribution is 0.794. The molecule has 0 unspecified atom stereocenters. The Bertz CT molecular complexity index is 3740. The molecule has 2 heterocycles. The summed E-state index contributed by atoms with van der Waals surface area (Å²) < 4.78 is 4.84. The van der Waals surface area contributed by atoms with Crippen molar-refractivity contribution in [1.29, 1.82) is 0 Å². The summed E-state index contributed by atoms with van der Waals surface area (Å²) in [6.45, 7) is 0. The van der Waals surface area contributed by atoms with Crippen LogP contribution in [-0.4, -0.2) is 9.13 Å². The normalized spacial score (nSPS) is 13.2. The van der Waals surface area contributed by atoms with Gasteiger partial charge in [-0.15, -0.1) is 0 Å². The molecule has 2 heteroatoms. The van der Waals surface area contributed by atoms with Gasteiger partial charge in [0.1, 0.15) is 0 Å². The van der Waals surface area contributed by atoms with Crippen molar-refractivity contribution >= 4 is 43.6 Å². The molecule has 0 bridgehead atoms. The maximum absolute atomic E-state index is 2.48. The summed E-state index contributed by atoms with van der Waals surface area (Å²) in [5.74, 6) is 0. The SMILES string of the molecule is c1cc(-c2ccc(-n3c4ccccc4c4ccc(-n5c6ccccc6c6ccccc65)cc43)cc2)cc(-c2ccc3c(c2)C2(c4ccccc4-c4ccccc42)c2ccccc2-3)c1. The molecule has 1 spiro atoms. The first kappa shape index (κ1) is 34.5. The molecule has 0 radical (unpaired) electrons. The molecule has 63 heavy (non-hydrogen) atoms. The van der Waals surface area contributed by atoms with Crippen molar-refractivity contribution in [2.45, 2.75) is 5.41 Å². The van der Waals surface area contributed by atoms with Crippen molar-refractivity contribution in [3.63, 3.8) is 0 Å². The first-order valence-electron chi connectivity index (χ1n) is 21.9. The van der Waals surface area contributed by atoms with Gasteiger partial charge in [-0.05, 0) is 121 Å². The van der Waals surface area contributed by atoms with Gasteiger partial charge < -0.3 is 9.13 Å². The minimum atomic E-state index is -0.362. The van der Waals surface area contributed by atoms with E-state index in [1.54, 1.807) is 0 Å². The summed E-state index contributed by atoms with van der Waals surface area (Å²) in [7, 11) is 0. The van der Waals surface area contributed by atoms with Crippen molar-refractivity contribution in [3.8, 4) is 55.9 Å². The molecule has 10 aromatic carbocycles. The van der Waals surface area contributed by atoms with Gasteiger partial charge in [0.2, 0.25) is 0 Å². The van der Waals surface area contributed by atoms with Gasteiger partial charge in [0.05, 0.1) is 27.5 Å². The predicted octanol–water partition coefficient (Wildman–Crippen LogP) is 15.6. The average Bonchev–Trinajstić information content (AvgIpc) is 4.06. The molecule has 14 rings (SSSR count). The summed E-state index contributed by atoms with van der Waals surface area (Å²) in [5, 5.41) is 5.03. The van der Waals surface area contributed by atoms with Gasteiger partial charge in [0.25, 0.3) is 0 Å². The van der Waals surface area contributed by atoms with Gasteiger partial charge in [-0.1, -0.05) is 176 Å². The Balaban J connectivity index is 0.876. The van der Waals surface area contributed by atoms with Crippen molar-refractivity contribution in [2.75, 3.05) is 0 Å². The van der Waals surface area contributed by atoms with Gasteiger partial charge in [-0.3, -0.25) is 0 Å². The largest absolute Gasteiger partial charge is 0.309 e. The maximum atomic E-state index is 2.48. The van der Waals surface area contributed by atoms with Gasteiger partial charge in [-0.25, -0.2) is 0 Å². The van der Waals surface area contributed by atoms with E-state index >= 15 is 0 Å². The number of hydrogen-bond acceptors (Lipinski definition) is 0. The molecular weight excluding hydrogens is 761 g/mol. The Morgan fingerprint density at radius 2 is 0.651 bits per heavy atom. The van der Waals surface area contributed by atoms with Crippen molar-refractivity contribution in [3.05, 3.63) is 253 Å². The van der Waals surface area contributed by atoms with E-state index in [4.69, 9.17) is 0 Å². The zero-order chi connectivity index (χ0) is 41.2. The monoisotopic (exact) mass is 798 g/mol. The molecule has 2 aliphatic carbocycles. The van der Waals surface area contributed by atoms with E-state index in [2.05, 4.69) is 240 Å². The second-order valence-corrected chi connectivity index (χ2v) is 17.2. The van der Waals surface area contributed by atoms with Crippen LogP contribution in [0, 0.1) is 0 Å². The Morgan fingerprint density at radius 3 is 1.22 bits per heavy atom. The lowest BCUT2D eigenvalue weighted by Crippen LogP contribution is -2.25. The number of fused-ring (bicyclic) bond motifs is 16. The first-order valence-corrected chi connectivity index (χ1v) is 21.9. The zero-order valence-electron chi connectivity index (χ0n) is 34.3. The minimum Gasteiger partial charge on any atom is -0.309 e. The third-order valence-corrected chi connectivity index (χ3v) is 14.1. The van der Waals surface area contributed by atoms with Crippen LogP contribution in [0.1, 0.15) is 22.3 Å². The van der Waals surface area contributed by atoms with Crippen LogP contribution in [0.5, 0.6) is 0 Å². The molecule has 0 aliphatic heterocycles. The lowest BCUT2D eigenvalue weighted by atomic mass is 9.70. The van der Waals surface area contributed by atoms with Gasteiger partial charge >= 0.3 is 0 Å². The summed E-state index contributed by atoms with van der Waals surface area (Å²) >= 11 is 0. The first-order chi connectivity index (χ1) is 31.3. The molecule has 12 aromatic rings. The number of hydrogen-bond donors (Lipinski definition) is 0. The predicted molar refractivity (Wildman–Crippen MR) is 262 cm³/mol. The van der Waals surface area contributed by atoms with Crippen molar-refractivity contribution in [1.82, 2.24) is 9.13 Å². The highest BCUT2D eigenvalue weighted by Gasteiger charge is 2.51. The highest BCUT2D eigenvalue weighted by Crippen LogP contribution is 2.63. The van der Waals surface area contributed by atoms with E-state index < -0.39 is 0 Å². The second kappa shape index (κ2) is 12.9. The zero-order valence-corrected chi connectivity index (χ0v) is 34.3. The molecular formula is C61H38N2. The summed E-state index contributed by atoms with van der Waals surface area (Å²) in [5.41, 5.74) is 22.4. The Kier molecular flexibility index (Phi) is 7.07. The fourth-order valence-electron chi connectivity index (χ4n) is 11.5. The maximum Gasteiger partial charge on any atom is 0.0725 e. The molecule has 0 N–H and O–H groups in total. The Hall–Kier alpha value is -8.20. The highest BCUT2D eigenvalue weighted by molar-refractivity contribution is 6.12. The van der Waals surface area contributed by atoms with E-state index in [-0.39, 0.29) is 5.41 Å². The average molecular weight is 799 g/mol. The van der Waals surface area contributed by atoms with Gasteiger partial charge in [-0.2, -0.15) is 0 Å². The molecule has 2 nitrogen and oxygen atoms in total. The molecule has 0 amide bonds. The van der Waals surface area contributed by atoms with Crippen molar-refractivity contribution in [2.24, 2.45) is 0 Å². The van der Waals surface area contributed by atoms with E-state index in [1.807, 2.05) is 0 Å². The Morgan fingerprint density at radius 1 is 0.238 bits per heavy atom. The molecule has 2 aliphatic rings. The van der Waals surface area contributed by atoms with Crippen LogP contribution >= 0.6 is 0 Å². The quantitative estimate of drug-likeness (QED) is 0.168. The smallest absolute Gasteiger partial charge is 0.0725 e. The van der Waals surface area contributed by atoms with Gasteiger partial charge in [0.15, 0.2) is 0 Å². The minimum absolute atomic E-state index is 0.362. The number of benzene rings is 10. The van der Waals surface area contributed by atoms with Crippen molar-refractivity contribution < 1.29 is 0 Å². The number of nitrogens with zero attached hydrogens (tertiary/aromatic N) is 2. The van der Waals surface area contributed by atoms with Crippen LogP contribution in [0.3, 0.4) is 0 Å². The highest BCUT2D eigenvalue weighted by atomic mass is 15.0. The van der Waals surface area contributed by atoms with Gasteiger partial charge in [0, 0.05) is 32.9 Å². The van der Waals surface area contributed by atoms with Crippen LogP contribution in [0.15, 0.2) is 231 Å². The third-order valence-electron chi connectivity index (χ3n) is 14.1. The Labute approximate surface area is 365 Å². The fourth-order valence-corrected chi connectivity index (χ4v) is 11.5. The van der Waals surface area contributed by atoms with Crippen LogP contribution < -0.4 is 0 Å². The summed E-state index contributed by atoms with van der Waals surface area (Å²) in [6.07, 6.45) is 0. The topological polar surface area (TPSA) is 9.86 Å². The van der Waals surface area contributed by atoms with E-state index in [0.29, 0.717) is 0 Å². The number of aromatic nitrogens is 2. The van der Waals surface area contributed by atoms with Crippen LogP contribution in [0.4, 0.5) is 0 Å². The fraction of sp³-hybridized carbons (Fsp3) is 0.0164. The molecule has 0 saturated carbocycles.